The van der Waals surface area contributed by atoms with Gasteiger partial charge in [-0.1, -0.05) is 6.92 Å². The largest absolute Gasteiger partial charge is 0.697 e. The topological polar surface area (TPSA) is 428 Å². The minimum Gasteiger partial charge on any atom is -0.412 e. The molecule has 0 saturated carbocycles. The van der Waals surface area contributed by atoms with Gasteiger partial charge < -0.3 is 40.6 Å². The normalized spacial score (nSPS) is 27.6. The Kier molecular flexibility index (Phi) is 17.0. The van der Waals surface area contributed by atoms with Crippen molar-refractivity contribution in [3.05, 3.63) is 84.7 Å². The molecule has 0 bridgehead atoms. The van der Waals surface area contributed by atoms with Crippen molar-refractivity contribution in [3.63, 3.8) is 0 Å². The number of hydrogen-bond donors (Lipinski definition) is 5. The number of anilines is 3. The lowest BCUT2D eigenvalue weighted by atomic mass is 10.1. The number of H-pyrrole nitrogens is 2. The zero-order chi connectivity index (χ0) is 56.7. The highest BCUT2D eigenvalue weighted by Crippen LogP contribution is 2.45. The Morgan fingerprint density at radius 2 is 1.15 bits per heavy atom. The molecule has 10 rings (SSSR count). The zero-order valence-corrected chi connectivity index (χ0v) is 47.1. The van der Waals surface area contributed by atoms with Crippen molar-refractivity contribution in [1.82, 2.24) is 58.1 Å². The number of hydrogen-bond acceptors (Lipinski definition) is 27. The third-order valence-electron chi connectivity index (χ3n) is 13.4. The van der Waals surface area contributed by atoms with Crippen LogP contribution in [0.4, 0.5) is 17.6 Å². The molecule has 428 valence electrons. The minimum atomic E-state index is -3.04. The minimum absolute atomic E-state index is 0.0109. The van der Waals surface area contributed by atoms with Gasteiger partial charge in [-0.15, -0.1) is 27.1 Å². The van der Waals surface area contributed by atoms with Crippen LogP contribution < -0.4 is 39.7 Å². The molecule has 0 spiro atoms. The lowest BCUT2D eigenvalue weighted by Crippen LogP contribution is -2.38. The van der Waals surface area contributed by atoms with Crippen LogP contribution in [-0.2, 0) is 64.2 Å². The number of aromatic amines is 2. The van der Waals surface area contributed by atoms with Crippen LogP contribution in [0.5, 0.6) is 0 Å². The van der Waals surface area contributed by atoms with Crippen LogP contribution >= 0.6 is 24.8 Å². The molecule has 37 heteroatoms. The highest BCUT2D eigenvalue weighted by Gasteiger charge is 2.50. The van der Waals surface area contributed by atoms with Gasteiger partial charge in [0.25, 0.3) is 11.1 Å². The van der Waals surface area contributed by atoms with Gasteiger partial charge in [-0.2, -0.15) is 9.97 Å². The van der Waals surface area contributed by atoms with Crippen molar-refractivity contribution in [2.45, 2.75) is 139 Å². The molecule has 6 aromatic rings. The second-order valence-electron chi connectivity index (χ2n) is 20.0. The first-order chi connectivity index (χ1) is 38.2. The first-order valence-corrected chi connectivity index (χ1v) is 31.8. The van der Waals surface area contributed by atoms with Crippen LogP contribution in [0.2, 0.25) is 19.6 Å². The standard InChI is InChI=1S/C43H54N15O18P3Si/c1-6-21-22(9-30(69-21)55-8-7-29(44)51-42(55)61)73-77(63)66-14-26-23(10-32(70-26)57-18-49-34-36(45)47-17-48-37(34)57)74-78(64)67-15-27-24(11-33(71-27)58-19-50-35-38(58)52-41(46)53-40(35)60)75-79(65)68-16-28-25(76-80(3,4)5)12-31(72-28)56-13-20(2)39(59)54-43(56)62/h7-8,13,17-19,21-28,30-33H,6,9-12,14-16H2,1-5H3,(H5-3,44,45,46,47,48,51,52,53,54,59,60,61,62)/p+3/t21-,22?,23?,24?,25?,26-,27-,28-,30-,31-,32-,33-/m1/s1. The summed E-state index contributed by atoms with van der Waals surface area (Å²) in [5, 5.41) is 0. The molecule has 33 nitrogen and oxygen atoms in total. The third-order valence-corrected chi connectivity index (χ3v) is 16.8. The number of nitrogen functional groups attached to an aromatic ring is 3. The van der Waals surface area contributed by atoms with Gasteiger partial charge in [0.05, 0.1) is 24.9 Å². The second kappa shape index (κ2) is 23.8. The maximum atomic E-state index is 13.9. The van der Waals surface area contributed by atoms with E-state index in [2.05, 4.69) is 39.9 Å². The SMILES string of the molecule is CC[C@H]1O[C@@H](n2ccc(N)nc2=O)CC1O[P+](=O)OC[C@H]1O[C@@H](n2cnc3c(N)ncnc32)CC1O[P+](=O)OC[C@H]1O[C@@H](n2cnc3c(=O)[nH]c(N)nc32)CC1O[P+](=O)OC[C@H]1O[C@@H](n2cc(C)c(=O)[nH]c2=O)CC1O[Si](C)(C)C. The van der Waals surface area contributed by atoms with E-state index in [0.717, 1.165) is 0 Å². The summed E-state index contributed by atoms with van der Waals surface area (Å²) in [5.74, 6) is -0.0309. The molecule has 0 aromatic carbocycles. The summed E-state index contributed by atoms with van der Waals surface area (Å²) in [7, 11) is -11.1. The summed E-state index contributed by atoms with van der Waals surface area (Å²) < 4.78 is 113. The molecule has 4 aliphatic heterocycles. The number of ether oxygens (including phenoxy) is 4. The summed E-state index contributed by atoms with van der Waals surface area (Å²) >= 11 is 0. The lowest BCUT2D eigenvalue weighted by Gasteiger charge is -2.25. The number of nitrogens with one attached hydrogen (secondary N) is 2. The summed E-state index contributed by atoms with van der Waals surface area (Å²) in [6, 6.07) is 1.45. The van der Waals surface area contributed by atoms with Crippen LogP contribution in [0.1, 0.15) is 69.5 Å². The highest BCUT2D eigenvalue weighted by atomic mass is 31.1. The molecule has 7 unspecified atom stereocenters. The molecule has 4 aliphatic rings. The van der Waals surface area contributed by atoms with E-state index < -0.39 is 143 Å². The van der Waals surface area contributed by atoms with Crippen LogP contribution in [0.3, 0.4) is 0 Å². The van der Waals surface area contributed by atoms with Gasteiger partial charge >= 0.3 is 36.1 Å². The average molecular weight is 1190 g/mol. The molecule has 0 radical (unpaired) electrons. The molecular formula is C43H57N15O18P3Si+3. The van der Waals surface area contributed by atoms with Crippen LogP contribution in [-0.4, -0.2) is 135 Å². The number of aromatic nitrogens is 12. The highest BCUT2D eigenvalue weighted by molar-refractivity contribution is 7.33. The fourth-order valence-electron chi connectivity index (χ4n) is 9.71. The van der Waals surface area contributed by atoms with Crippen molar-refractivity contribution in [1.29, 1.82) is 0 Å². The van der Waals surface area contributed by atoms with Gasteiger partial charge in [-0.05, 0) is 39.1 Å². The smallest absolute Gasteiger partial charge is 0.412 e. The fraction of sp³-hybridized carbons (Fsp3) is 0.581. The predicted molar refractivity (Wildman–Crippen MR) is 279 cm³/mol. The molecule has 0 amide bonds. The molecule has 8 N–H and O–H groups in total. The molecule has 0 aliphatic carbocycles. The summed E-state index contributed by atoms with van der Waals surface area (Å²) in [6.07, 6.45) is -2.97. The summed E-state index contributed by atoms with van der Waals surface area (Å²) in [6.45, 7) is 8.11. The average Bonchev–Trinajstić information content (AvgIpc) is 4.32. The molecule has 80 heavy (non-hydrogen) atoms. The Bertz CT molecular complexity index is 3560. The predicted octanol–water partition coefficient (Wildman–Crippen LogP) is 2.78. The van der Waals surface area contributed by atoms with Crippen LogP contribution in [0.15, 0.2) is 56.6 Å². The van der Waals surface area contributed by atoms with E-state index >= 15 is 0 Å². The maximum Gasteiger partial charge on any atom is 0.697 e. The first kappa shape index (κ1) is 57.2. The van der Waals surface area contributed by atoms with Crippen molar-refractivity contribution < 1.29 is 64.2 Å². The van der Waals surface area contributed by atoms with Crippen LogP contribution in [0, 0.1) is 6.92 Å². The van der Waals surface area contributed by atoms with Gasteiger partial charge in [0, 0.05) is 57.3 Å². The van der Waals surface area contributed by atoms with Gasteiger partial charge in [0.1, 0.15) is 99.0 Å². The van der Waals surface area contributed by atoms with Crippen molar-refractivity contribution in [3.8, 4) is 0 Å². The molecule has 10 heterocycles. The summed E-state index contributed by atoms with van der Waals surface area (Å²) in [5.41, 5.74) is 16.1. The van der Waals surface area contributed by atoms with E-state index in [0.29, 0.717) is 23.1 Å². The number of imidazole rings is 2. The number of fused-ring (bicyclic) bond motifs is 2. The van der Waals surface area contributed by atoms with Gasteiger partial charge in [0.2, 0.25) is 5.95 Å². The van der Waals surface area contributed by atoms with E-state index in [1.807, 2.05) is 26.6 Å². The molecule has 15 atom stereocenters. The Balaban J connectivity index is 0.822. The van der Waals surface area contributed by atoms with Crippen LogP contribution in [0.25, 0.3) is 22.3 Å². The van der Waals surface area contributed by atoms with Crippen molar-refractivity contribution in [2.75, 3.05) is 37.0 Å². The number of rotatable bonds is 22. The monoisotopic (exact) mass is 1190 g/mol. The van der Waals surface area contributed by atoms with E-state index in [9.17, 15) is 32.9 Å². The van der Waals surface area contributed by atoms with Crippen molar-refractivity contribution in [2.24, 2.45) is 0 Å². The molecule has 4 fully saturated rings. The van der Waals surface area contributed by atoms with E-state index in [-0.39, 0.29) is 61.0 Å². The van der Waals surface area contributed by atoms with E-state index in [4.69, 9.17) is 67.7 Å². The Labute approximate surface area is 455 Å². The lowest BCUT2D eigenvalue weighted by molar-refractivity contribution is -0.0490. The Morgan fingerprint density at radius 1 is 0.637 bits per heavy atom. The Morgan fingerprint density at radius 3 is 1.73 bits per heavy atom. The first-order valence-electron chi connectivity index (χ1n) is 25.1. The third kappa shape index (κ3) is 12.7. The molecular weight excluding hydrogens is 1140 g/mol. The van der Waals surface area contributed by atoms with Gasteiger partial charge in [0.15, 0.2) is 30.9 Å². The quantitative estimate of drug-likeness (QED) is 0.0482. The van der Waals surface area contributed by atoms with E-state index in [1.165, 1.54) is 51.1 Å². The number of aryl methyl sites for hydroxylation is 1. The van der Waals surface area contributed by atoms with Crippen molar-refractivity contribution >= 4 is 73.0 Å². The van der Waals surface area contributed by atoms with Gasteiger partial charge in [-0.25, -0.2) is 29.5 Å². The fourth-order valence-corrected chi connectivity index (χ4v) is 13.2. The molecule has 4 saturated heterocycles. The number of nitrogens with two attached hydrogens (primary N) is 3. The Hall–Kier alpha value is -6.06. The maximum absolute atomic E-state index is 13.9. The zero-order valence-electron chi connectivity index (χ0n) is 43.4. The second-order valence-corrected chi connectivity index (χ2v) is 27.2. The molecule has 6 aromatic heterocycles. The number of nitrogens with zero attached hydrogens (tertiary/aromatic N) is 10. The van der Waals surface area contributed by atoms with Gasteiger partial charge in [-0.3, -0.25) is 37.8 Å². The summed E-state index contributed by atoms with van der Waals surface area (Å²) in [4.78, 5) is 79.7. The van der Waals surface area contributed by atoms with E-state index in [1.54, 1.807) is 11.5 Å².